The summed E-state index contributed by atoms with van der Waals surface area (Å²) in [5.74, 6) is 0.473. The fourth-order valence-electron chi connectivity index (χ4n) is 1.96. The number of nitrogens with one attached hydrogen (secondary N) is 2. The summed E-state index contributed by atoms with van der Waals surface area (Å²) >= 11 is 0. The van der Waals surface area contributed by atoms with E-state index in [9.17, 15) is 5.11 Å². The molecule has 15 heavy (non-hydrogen) atoms. The maximum absolute atomic E-state index is 9.51. The average Bonchev–Trinajstić information content (AvgIpc) is 2.71. The van der Waals surface area contributed by atoms with Crippen LogP contribution in [-0.4, -0.2) is 24.0 Å². The second-order valence-corrected chi connectivity index (χ2v) is 3.88. The summed E-state index contributed by atoms with van der Waals surface area (Å²) in [7, 11) is 0. The zero-order valence-electron chi connectivity index (χ0n) is 8.46. The maximum atomic E-state index is 9.51. The van der Waals surface area contributed by atoms with Gasteiger partial charge in [0.1, 0.15) is 11.6 Å². The summed E-state index contributed by atoms with van der Waals surface area (Å²) in [4.78, 5) is 0. The molecule has 1 aliphatic rings. The highest BCUT2D eigenvalue weighted by Gasteiger charge is 2.18. The summed E-state index contributed by atoms with van der Waals surface area (Å²) in [5.41, 5.74) is 6.96. The van der Waals surface area contributed by atoms with Gasteiger partial charge in [-0.1, -0.05) is 6.07 Å². The fourth-order valence-corrected chi connectivity index (χ4v) is 1.96. The van der Waals surface area contributed by atoms with E-state index in [1.54, 1.807) is 6.07 Å². The van der Waals surface area contributed by atoms with Crippen LogP contribution in [0.1, 0.15) is 23.5 Å². The Balaban J connectivity index is 2.33. The first-order valence-electron chi connectivity index (χ1n) is 5.06. The lowest BCUT2D eigenvalue weighted by Crippen LogP contribution is -2.13. The molecule has 0 bridgehead atoms. The van der Waals surface area contributed by atoms with Crippen LogP contribution in [0.2, 0.25) is 0 Å². The number of nitrogens with two attached hydrogens (primary N) is 1. The van der Waals surface area contributed by atoms with Crippen LogP contribution in [0, 0.1) is 5.41 Å². The van der Waals surface area contributed by atoms with Crippen LogP contribution in [0.25, 0.3) is 0 Å². The van der Waals surface area contributed by atoms with Crippen LogP contribution in [0.15, 0.2) is 18.2 Å². The number of amidine groups is 1. The molecular formula is C11H15N3O. The molecule has 1 aliphatic heterocycles. The molecule has 0 aliphatic carbocycles. The number of nitrogen functional groups attached to an aromatic ring is 1. The number of rotatable bonds is 2. The number of aromatic hydroxyl groups is 1. The Morgan fingerprint density at radius 3 is 2.93 bits per heavy atom. The molecule has 2 rings (SSSR count). The van der Waals surface area contributed by atoms with Gasteiger partial charge in [0.25, 0.3) is 0 Å². The molecule has 80 valence electrons. The molecule has 0 spiro atoms. The van der Waals surface area contributed by atoms with E-state index in [0.717, 1.165) is 25.1 Å². The summed E-state index contributed by atoms with van der Waals surface area (Å²) in [6.07, 6.45) is 1.10. The van der Waals surface area contributed by atoms with E-state index in [2.05, 4.69) is 5.32 Å². The minimum atomic E-state index is -0.0830. The molecule has 1 aromatic carbocycles. The Labute approximate surface area is 88.6 Å². The van der Waals surface area contributed by atoms with Crippen LogP contribution in [0.5, 0.6) is 5.75 Å². The number of benzene rings is 1. The van der Waals surface area contributed by atoms with E-state index in [4.69, 9.17) is 11.1 Å². The van der Waals surface area contributed by atoms with Gasteiger partial charge in [0.05, 0.1) is 5.56 Å². The first kappa shape index (κ1) is 9.98. The van der Waals surface area contributed by atoms with E-state index < -0.39 is 0 Å². The molecule has 1 atom stereocenters. The average molecular weight is 205 g/mol. The Morgan fingerprint density at radius 2 is 2.33 bits per heavy atom. The lowest BCUT2D eigenvalue weighted by Gasteiger charge is -2.11. The van der Waals surface area contributed by atoms with Gasteiger partial charge in [0.2, 0.25) is 0 Å². The van der Waals surface area contributed by atoms with Crippen molar-refractivity contribution in [2.75, 3.05) is 13.1 Å². The molecule has 1 unspecified atom stereocenters. The monoisotopic (exact) mass is 205 g/mol. The largest absolute Gasteiger partial charge is 0.507 e. The molecular weight excluding hydrogens is 190 g/mol. The van der Waals surface area contributed by atoms with Crippen LogP contribution in [-0.2, 0) is 0 Å². The van der Waals surface area contributed by atoms with Crippen molar-refractivity contribution < 1.29 is 5.11 Å². The number of hydrogen-bond donors (Lipinski definition) is 4. The number of hydrogen-bond acceptors (Lipinski definition) is 3. The third-order valence-electron chi connectivity index (χ3n) is 2.84. The zero-order valence-corrected chi connectivity index (χ0v) is 8.46. The van der Waals surface area contributed by atoms with Gasteiger partial charge < -0.3 is 16.2 Å². The van der Waals surface area contributed by atoms with Crippen molar-refractivity contribution in [3.63, 3.8) is 0 Å². The summed E-state index contributed by atoms with van der Waals surface area (Å²) in [6.45, 7) is 1.99. The van der Waals surface area contributed by atoms with Gasteiger partial charge in [-0.15, -0.1) is 0 Å². The summed E-state index contributed by atoms with van der Waals surface area (Å²) in [5, 5.41) is 20.1. The minimum Gasteiger partial charge on any atom is -0.507 e. The normalized spacial score (nSPS) is 20.4. The number of phenols is 1. The Kier molecular flexibility index (Phi) is 2.60. The van der Waals surface area contributed by atoms with Gasteiger partial charge in [-0.3, -0.25) is 5.41 Å². The second kappa shape index (κ2) is 3.90. The SMILES string of the molecule is N=C(N)c1cc(C2CCNC2)ccc1O. The van der Waals surface area contributed by atoms with E-state index in [1.807, 2.05) is 12.1 Å². The molecule has 0 radical (unpaired) electrons. The van der Waals surface area contributed by atoms with Gasteiger partial charge in [0, 0.05) is 6.54 Å². The third-order valence-corrected chi connectivity index (χ3v) is 2.84. The first-order valence-corrected chi connectivity index (χ1v) is 5.06. The molecule has 1 aromatic rings. The Hall–Kier alpha value is -1.55. The van der Waals surface area contributed by atoms with Crippen molar-refractivity contribution in [1.82, 2.24) is 5.32 Å². The van der Waals surface area contributed by atoms with Crippen LogP contribution >= 0.6 is 0 Å². The number of phenolic OH excluding ortho intramolecular Hbond substituents is 1. The molecule has 5 N–H and O–H groups in total. The highest BCUT2D eigenvalue weighted by molar-refractivity contribution is 5.97. The Bertz CT molecular complexity index is 383. The molecule has 0 amide bonds. The molecule has 0 aromatic heterocycles. The molecule has 4 heteroatoms. The van der Waals surface area contributed by atoms with E-state index in [1.165, 1.54) is 0 Å². The molecule has 1 saturated heterocycles. The molecule has 1 fully saturated rings. The van der Waals surface area contributed by atoms with Crippen molar-refractivity contribution in [1.29, 1.82) is 5.41 Å². The van der Waals surface area contributed by atoms with E-state index >= 15 is 0 Å². The first-order chi connectivity index (χ1) is 7.18. The lowest BCUT2D eigenvalue weighted by atomic mass is 9.96. The van der Waals surface area contributed by atoms with Crippen LogP contribution in [0.3, 0.4) is 0 Å². The van der Waals surface area contributed by atoms with Crippen molar-refractivity contribution in [2.45, 2.75) is 12.3 Å². The standard InChI is InChI=1S/C11H15N3O/c12-11(13)9-5-7(1-2-10(9)15)8-3-4-14-6-8/h1-2,5,8,14-15H,3-4,6H2,(H3,12,13). The van der Waals surface area contributed by atoms with E-state index in [0.29, 0.717) is 11.5 Å². The fraction of sp³-hybridized carbons (Fsp3) is 0.364. The van der Waals surface area contributed by atoms with Gasteiger partial charge in [-0.2, -0.15) is 0 Å². The highest BCUT2D eigenvalue weighted by Crippen LogP contribution is 2.26. The third kappa shape index (κ3) is 1.94. The molecule has 0 saturated carbocycles. The predicted octanol–water partition coefficient (Wildman–Crippen LogP) is 0.753. The second-order valence-electron chi connectivity index (χ2n) is 3.88. The summed E-state index contributed by atoms with van der Waals surface area (Å²) in [6, 6.07) is 5.33. The van der Waals surface area contributed by atoms with Crippen molar-refractivity contribution >= 4 is 5.84 Å². The van der Waals surface area contributed by atoms with Gasteiger partial charge in [-0.25, -0.2) is 0 Å². The topological polar surface area (TPSA) is 82.1 Å². The van der Waals surface area contributed by atoms with Crippen LogP contribution in [0.4, 0.5) is 0 Å². The van der Waals surface area contributed by atoms with E-state index in [-0.39, 0.29) is 11.6 Å². The smallest absolute Gasteiger partial charge is 0.126 e. The zero-order chi connectivity index (χ0) is 10.8. The maximum Gasteiger partial charge on any atom is 0.126 e. The molecule has 4 nitrogen and oxygen atoms in total. The van der Waals surface area contributed by atoms with Crippen LogP contribution < -0.4 is 11.1 Å². The lowest BCUT2D eigenvalue weighted by molar-refractivity contribution is 0.473. The highest BCUT2D eigenvalue weighted by atomic mass is 16.3. The predicted molar refractivity (Wildman–Crippen MR) is 59.4 cm³/mol. The Morgan fingerprint density at radius 1 is 1.53 bits per heavy atom. The molecule has 1 heterocycles. The minimum absolute atomic E-state index is 0.0807. The quantitative estimate of drug-likeness (QED) is 0.425. The van der Waals surface area contributed by atoms with Gasteiger partial charge in [-0.05, 0) is 36.6 Å². The van der Waals surface area contributed by atoms with Gasteiger partial charge >= 0.3 is 0 Å². The van der Waals surface area contributed by atoms with Gasteiger partial charge in [0.15, 0.2) is 0 Å². The van der Waals surface area contributed by atoms with Crippen molar-refractivity contribution in [3.8, 4) is 5.75 Å². The van der Waals surface area contributed by atoms with Crippen molar-refractivity contribution in [2.24, 2.45) is 5.73 Å². The summed E-state index contributed by atoms with van der Waals surface area (Å²) < 4.78 is 0. The van der Waals surface area contributed by atoms with Crippen molar-refractivity contribution in [3.05, 3.63) is 29.3 Å².